The molecule has 0 saturated heterocycles. The van der Waals surface area contributed by atoms with Crippen molar-refractivity contribution < 1.29 is 5.11 Å². The van der Waals surface area contributed by atoms with Gasteiger partial charge in [-0.2, -0.15) is 0 Å². The molecule has 3 fully saturated rings. The van der Waals surface area contributed by atoms with Crippen molar-refractivity contribution in [2.24, 2.45) is 39.9 Å². The van der Waals surface area contributed by atoms with Crippen LogP contribution in [0.5, 0.6) is 0 Å². The highest BCUT2D eigenvalue weighted by Crippen LogP contribution is 2.69. The molecule has 134 valence electrons. The Kier molecular flexibility index (Phi) is 4.67. The molecule has 0 unspecified atom stereocenters. The van der Waals surface area contributed by atoms with Crippen molar-refractivity contribution >= 4 is 0 Å². The lowest BCUT2D eigenvalue weighted by Gasteiger charge is -2.66. The third kappa shape index (κ3) is 2.70. The van der Waals surface area contributed by atoms with Gasteiger partial charge in [0.25, 0.3) is 0 Å². The minimum absolute atomic E-state index is 0.372. The molecule has 0 aromatic heterocycles. The fourth-order valence-corrected chi connectivity index (χ4v) is 8.00. The normalized spacial score (nSPS) is 49.3. The summed E-state index contributed by atoms with van der Waals surface area (Å²) in [7, 11) is 0. The average molecular weight is 321 g/mol. The lowest BCUT2D eigenvalue weighted by atomic mass is 9.38. The predicted octanol–water partition coefficient (Wildman–Crippen LogP) is 6.05. The Hall–Kier alpha value is -0.0400. The van der Waals surface area contributed by atoms with E-state index in [1.807, 2.05) is 0 Å². The largest absolute Gasteiger partial charge is 0.396 e. The number of aliphatic hydroxyl groups is 1. The van der Waals surface area contributed by atoms with Crippen molar-refractivity contribution in [2.45, 2.75) is 92.4 Å². The van der Waals surface area contributed by atoms with Gasteiger partial charge in [-0.1, -0.05) is 47.5 Å². The van der Waals surface area contributed by atoms with E-state index in [0.717, 1.165) is 30.1 Å². The van der Waals surface area contributed by atoms with E-state index >= 15 is 0 Å². The zero-order valence-corrected chi connectivity index (χ0v) is 16.3. The number of hydrogen-bond donors (Lipinski definition) is 1. The van der Waals surface area contributed by atoms with Crippen molar-refractivity contribution in [1.82, 2.24) is 0 Å². The molecule has 0 amide bonds. The molecule has 3 aliphatic rings. The van der Waals surface area contributed by atoms with Crippen LogP contribution in [0.1, 0.15) is 92.4 Å². The summed E-state index contributed by atoms with van der Waals surface area (Å²) in [6.45, 7) is 13.3. The monoisotopic (exact) mass is 320 g/mol. The zero-order chi connectivity index (χ0) is 16.9. The third-order valence-corrected chi connectivity index (χ3v) is 8.96. The van der Waals surface area contributed by atoms with Crippen LogP contribution in [-0.4, -0.2) is 11.7 Å². The van der Waals surface area contributed by atoms with Crippen LogP contribution in [0.25, 0.3) is 0 Å². The third-order valence-electron chi connectivity index (χ3n) is 8.96. The first-order valence-electron chi connectivity index (χ1n) is 10.4. The molecular formula is C22H40O. The lowest BCUT2D eigenvalue weighted by Crippen LogP contribution is -2.59. The highest BCUT2D eigenvalue weighted by Gasteiger charge is 2.61. The van der Waals surface area contributed by atoms with E-state index in [2.05, 4.69) is 34.6 Å². The minimum Gasteiger partial charge on any atom is -0.396 e. The van der Waals surface area contributed by atoms with Gasteiger partial charge in [0.1, 0.15) is 0 Å². The zero-order valence-electron chi connectivity index (χ0n) is 16.3. The molecule has 0 radical (unpaired) electrons. The van der Waals surface area contributed by atoms with E-state index < -0.39 is 0 Å². The molecule has 0 heterocycles. The number of aliphatic hydroxyl groups excluding tert-OH is 1. The van der Waals surface area contributed by atoms with E-state index in [1.54, 1.807) is 0 Å². The molecule has 1 heteroatoms. The van der Waals surface area contributed by atoms with Gasteiger partial charge in [0, 0.05) is 6.61 Å². The van der Waals surface area contributed by atoms with Gasteiger partial charge < -0.3 is 5.11 Å². The molecule has 3 aliphatic carbocycles. The summed E-state index contributed by atoms with van der Waals surface area (Å²) in [6.07, 6.45) is 12.3. The van der Waals surface area contributed by atoms with Crippen molar-refractivity contribution in [2.75, 3.05) is 6.61 Å². The Labute approximate surface area is 144 Å². The second-order valence-electron chi connectivity index (χ2n) is 10.5. The van der Waals surface area contributed by atoms with Crippen LogP contribution in [0.2, 0.25) is 0 Å². The molecule has 0 aliphatic heterocycles. The lowest BCUT2D eigenvalue weighted by molar-refractivity contribution is -0.174. The number of fused-ring (bicyclic) bond motifs is 3. The van der Waals surface area contributed by atoms with Gasteiger partial charge in [0.15, 0.2) is 0 Å². The maximum Gasteiger partial charge on any atom is 0.0431 e. The molecule has 0 bridgehead atoms. The summed E-state index contributed by atoms with van der Waals surface area (Å²) in [4.78, 5) is 0. The second-order valence-corrected chi connectivity index (χ2v) is 10.5. The van der Waals surface area contributed by atoms with Gasteiger partial charge in [-0.3, -0.25) is 0 Å². The van der Waals surface area contributed by atoms with Gasteiger partial charge >= 0.3 is 0 Å². The average Bonchev–Trinajstić information content (AvgIpc) is 2.45. The smallest absolute Gasteiger partial charge is 0.0431 e. The molecule has 6 atom stereocenters. The van der Waals surface area contributed by atoms with Crippen LogP contribution >= 0.6 is 0 Å². The van der Waals surface area contributed by atoms with Gasteiger partial charge in [0.05, 0.1) is 0 Å². The molecule has 3 saturated carbocycles. The predicted molar refractivity (Wildman–Crippen MR) is 98.3 cm³/mol. The van der Waals surface area contributed by atoms with Crippen LogP contribution < -0.4 is 0 Å². The fourth-order valence-electron chi connectivity index (χ4n) is 8.00. The van der Waals surface area contributed by atoms with Gasteiger partial charge in [-0.25, -0.2) is 0 Å². The summed E-state index contributed by atoms with van der Waals surface area (Å²) < 4.78 is 0. The summed E-state index contributed by atoms with van der Waals surface area (Å²) >= 11 is 0. The number of hydrogen-bond acceptors (Lipinski definition) is 1. The summed E-state index contributed by atoms with van der Waals surface area (Å²) in [6, 6.07) is 0. The van der Waals surface area contributed by atoms with Crippen molar-refractivity contribution in [1.29, 1.82) is 0 Å². The molecule has 1 N–H and O–H groups in total. The first-order chi connectivity index (χ1) is 10.8. The molecule has 0 spiro atoms. The maximum atomic E-state index is 9.37. The van der Waals surface area contributed by atoms with E-state index in [1.165, 1.54) is 51.4 Å². The first kappa shape index (κ1) is 17.8. The maximum absolute atomic E-state index is 9.37. The Balaban J connectivity index is 1.92. The summed E-state index contributed by atoms with van der Waals surface area (Å²) in [5.74, 6) is 3.51. The summed E-state index contributed by atoms with van der Waals surface area (Å²) in [5.41, 5.74) is 1.62. The van der Waals surface area contributed by atoms with Crippen molar-refractivity contribution in [3.05, 3.63) is 0 Å². The molecular weight excluding hydrogens is 280 g/mol. The molecule has 0 aromatic carbocycles. The van der Waals surface area contributed by atoms with E-state index in [9.17, 15) is 5.11 Å². The van der Waals surface area contributed by atoms with E-state index in [-0.39, 0.29) is 0 Å². The van der Waals surface area contributed by atoms with Gasteiger partial charge in [0.2, 0.25) is 0 Å². The highest BCUT2D eigenvalue weighted by molar-refractivity contribution is 5.10. The second kappa shape index (κ2) is 6.04. The fraction of sp³-hybridized carbons (Fsp3) is 1.00. The standard InChI is InChI=1S/C22H40O/c1-16-9-10-19-21(4,17(16)8-6-15-23)14-11-18-20(2,3)12-7-13-22(18,19)5/h16-19,23H,6-15H2,1-5H3/t16-,17-,18+,19+,21+,22+/m1/s1. The highest BCUT2D eigenvalue weighted by atomic mass is 16.2. The molecule has 1 nitrogen and oxygen atoms in total. The minimum atomic E-state index is 0.372. The van der Waals surface area contributed by atoms with Crippen molar-refractivity contribution in [3.63, 3.8) is 0 Å². The van der Waals surface area contributed by atoms with Crippen LogP contribution in [0.4, 0.5) is 0 Å². The Morgan fingerprint density at radius 2 is 1.61 bits per heavy atom. The first-order valence-corrected chi connectivity index (χ1v) is 10.4. The molecule has 23 heavy (non-hydrogen) atoms. The molecule has 0 aromatic rings. The Morgan fingerprint density at radius 3 is 2.30 bits per heavy atom. The van der Waals surface area contributed by atoms with Crippen molar-refractivity contribution in [3.8, 4) is 0 Å². The van der Waals surface area contributed by atoms with Crippen LogP contribution in [-0.2, 0) is 0 Å². The number of rotatable bonds is 3. The van der Waals surface area contributed by atoms with Gasteiger partial charge in [-0.05, 0) is 84.9 Å². The Bertz CT molecular complexity index is 428. The SMILES string of the molecule is C[C@@H]1CC[C@H]2[C@@](C)(CC[C@H]3C(C)(C)CCC[C@]23C)[C@@H]1CCCO. The van der Waals surface area contributed by atoms with E-state index in [4.69, 9.17) is 0 Å². The van der Waals surface area contributed by atoms with Crippen LogP contribution in [0.3, 0.4) is 0 Å². The molecule has 3 rings (SSSR count). The topological polar surface area (TPSA) is 20.2 Å². The quantitative estimate of drug-likeness (QED) is 0.670. The van der Waals surface area contributed by atoms with Crippen LogP contribution in [0.15, 0.2) is 0 Å². The Morgan fingerprint density at radius 1 is 0.870 bits per heavy atom. The van der Waals surface area contributed by atoms with E-state index in [0.29, 0.717) is 22.9 Å². The van der Waals surface area contributed by atoms with Gasteiger partial charge in [-0.15, -0.1) is 0 Å². The summed E-state index contributed by atoms with van der Waals surface area (Å²) in [5, 5.41) is 9.37. The van der Waals surface area contributed by atoms with Crippen LogP contribution in [0, 0.1) is 39.9 Å².